The quantitative estimate of drug-likeness (QED) is 0.571. The van der Waals surface area contributed by atoms with Gasteiger partial charge in [0, 0.05) is 34.5 Å². The van der Waals surface area contributed by atoms with Gasteiger partial charge in [-0.1, -0.05) is 57.7 Å². The molecule has 138 valence electrons. The van der Waals surface area contributed by atoms with Crippen LogP contribution in [0.2, 0.25) is 0 Å². The maximum Gasteiger partial charge on any atom is 0.324 e. The Bertz CT molecular complexity index is 635. The normalized spacial score (nSPS) is 12.9. The van der Waals surface area contributed by atoms with E-state index in [1.54, 1.807) is 25.9 Å². The number of aromatic nitrogens is 1. The summed E-state index contributed by atoms with van der Waals surface area (Å²) in [6, 6.07) is 7.93. The molecule has 1 atom stereocenters. The Kier molecular flexibility index (Phi) is 10.4. The third kappa shape index (κ3) is 6.33. The van der Waals surface area contributed by atoms with E-state index in [1.807, 2.05) is 30.5 Å². The van der Waals surface area contributed by atoms with Gasteiger partial charge in [-0.3, -0.25) is 9.69 Å². The Morgan fingerprint density at radius 3 is 2.20 bits per heavy atom. The van der Waals surface area contributed by atoms with E-state index in [2.05, 4.69) is 18.8 Å². The van der Waals surface area contributed by atoms with E-state index in [4.69, 9.17) is 0 Å². The van der Waals surface area contributed by atoms with Crippen molar-refractivity contribution >= 4 is 27.8 Å². The highest BCUT2D eigenvalue weighted by Crippen LogP contribution is 2.25. The van der Waals surface area contributed by atoms with Gasteiger partial charge >= 0.3 is 5.97 Å². The van der Waals surface area contributed by atoms with Crippen LogP contribution in [-0.2, 0) is 11.2 Å². The summed E-state index contributed by atoms with van der Waals surface area (Å²) in [7, 11) is 3.59. The minimum absolute atomic E-state index is 0. The highest BCUT2D eigenvalue weighted by atomic mass is 28.1. The Labute approximate surface area is 156 Å². The molecule has 0 aliphatic heterocycles. The van der Waals surface area contributed by atoms with Gasteiger partial charge in [0.2, 0.25) is 0 Å². The molecule has 0 fully saturated rings. The minimum atomic E-state index is -0.898. The first-order valence-corrected chi connectivity index (χ1v) is 8.82. The number of fused-ring (bicyclic) bond motifs is 1. The van der Waals surface area contributed by atoms with Gasteiger partial charge in [-0.05, 0) is 32.6 Å². The van der Waals surface area contributed by atoms with Crippen molar-refractivity contribution in [2.24, 2.45) is 0 Å². The molecular weight excluding hydrogens is 328 g/mol. The van der Waals surface area contributed by atoms with E-state index in [-0.39, 0.29) is 11.0 Å². The number of likely N-dealkylation sites (N-methyl/N-ethyl adjacent to an activating group) is 1. The predicted octanol–water partition coefficient (Wildman–Crippen LogP) is 4.32. The number of carboxylic acid groups (broad SMARTS) is 1. The molecule has 0 spiro atoms. The SMILES string of the molecule is CCCCCC.CN(C)C(C)(Cc1c[nH]c2ccccc12)C(=O)O.[Si]. The first-order chi connectivity index (χ1) is 11.4. The van der Waals surface area contributed by atoms with E-state index < -0.39 is 11.5 Å². The lowest BCUT2D eigenvalue weighted by Crippen LogP contribution is -2.50. The standard InChI is InChI=1S/C14H18N2O2.C6H14.Si/c1-14(13(17)18,16(2)3)8-10-9-15-12-7-5-4-6-11(10)12;1-3-5-6-4-2;/h4-7,9,15H,8H2,1-3H3,(H,17,18);3-6H2,1-2H3;. The molecule has 1 unspecified atom stereocenters. The summed E-state index contributed by atoms with van der Waals surface area (Å²) >= 11 is 0. The van der Waals surface area contributed by atoms with Gasteiger partial charge < -0.3 is 10.1 Å². The second-order valence-corrected chi connectivity index (χ2v) is 6.72. The smallest absolute Gasteiger partial charge is 0.324 e. The summed E-state index contributed by atoms with van der Waals surface area (Å²) in [6.45, 7) is 6.21. The van der Waals surface area contributed by atoms with Crippen LogP contribution in [0.3, 0.4) is 0 Å². The Morgan fingerprint density at radius 1 is 1.16 bits per heavy atom. The molecule has 0 amide bonds. The van der Waals surface area contributed by atoms with Gasteiger partial charge in [0.15, 0.2) is 0 Å². The number of carbonyl (C=O) groups is 1. The molecule has 2 N–H and O–H groups in total. The summed E-state index contributed by atoms with van der Waals surface area (Å²) in [6.07, 6.45) is 7.91. The first kappa shape index (κ1) is 23.4. The summed E-state index contributed by atoms with van der Waals surface area (Å²) in [5.74, 6) is -0.808. The molecule has 0 saturated carbocycles. The lowest BCUT2D eigenvalue weighted by molar-refractivity contribution is -0.148. The number of hydrogen-bond acceptors (Lipinski definition) is 2. The van der Waals surface area contributed by atoms with Gasteiger partial charge in [-0.25, -0.2) is 0 Å². The zero-order valence-corrected chi connectivity index (χ0v) is 17.2. The van der Waals surface area contributed by atoms with Crippen LogP contribution in [0.5, 0.6) is 0 Å². The van der Waals surface area contributed by atoms with E-state index in [0.29, 0.717) is 6.42 Å². The Morgan fingerprint density at radius 2 is 1.72 bits per heavy atom. The predicted molar refractivity (Wildman–Crippen MR) is 107 cm³/mol. The second-order valence-electron chi connectivity index (χ2n) is 6.72. The molecule has 4 nitrogen and oxygen atoms in total. The molecule has 1 aromatic carbocycles. The molecule has 0 saturated heterocycles. The number of para-hydroxylation sites is 1. The number of carboxylic acids is 1. The van der Waals surface area contributed by atoms with Crippen molar-refractivity contribution in [1.82, 2.24) is 9.88 Å². The van der Waals surface area contributed by atoms with Gasteiger partial charge in [-0.15, -0.1) is 0 Å². The van der Waals surface area contributed by atoms with Crippen LogP contribution >= 0.6 is 0 Å². The number of H-pyrrole nitrogens is 1. The molecule has 25 heavy (non-hydrogen) atoms. The van der Waals surface area contributed by atoms with Crippen LogP contribution in [0.4, 0.5) is 0 Å². The zero-order chi connectivity index (χ0) is 18.2. The van der Waals surface area contributed by atoms with Crippen LogP contribution < -0.4 is 0 Å². The van der Waals surface area contributed by atoms with Crippen molar-refractivity contribution in [3.63, 3.8) is 0 Å². The monoisotopic (exact) mass is 360 g/mol. The van der Waals surface area contributed by atoms with Gasteiger partial charge in [0.25, 0.3) is 0 Å². The maximum atomic E-state index is 11.5. The van der Waals surface area contributed by atoms with Crippen molar-refractivity contribution in [3.05, 3.63) is 36.0 Å². The van der Waals surface area contributed by atoms with Crippen LogP contribution in [0.1, 0.15) is 52.0 Å². The molecule has 1 heterocycles. The van der Waals surface area contributed by atoms with Gasteiger partial charge in [0.1, 0.15) is 5.54 Å². The highest BCUT2D eigenvalue weighted by molar-refractivity contribution is 5.85. The molecule has 1 aromatic heterocycles. The molecule has 0 bridgehead atoms. The Balaban J connectivity index is 0.000000715. The maximum absolute atomic E-state index is 11.5. The number of hydrogen-bond donors (Lipinski definition) is 2. The zero-order valence-electron chi connectivity index (χ0n) is 16.2. The van der Waals surface area contributed by atoms with Crippen molar-refractivity contribution in [1.29, 1.82) is 0 Å². The number of nitrogens with one attached hydrogen (secondary N) is 1. The molecule has 0 aliphatic rings. The van der Waals surface area contributed by atoms with Crippen LogP contribution in [-0.4, -0.2) is 51.6 Å². The van der Waals surface area contributed by atoms with E-state index >= 15 is 0 Å². The number of rotatable bonds is 7. The molecule has 0 aliphatic carbocycles. The summed E-state index contributed by atoms with van der Waals surface area (Å²) in [5, 5.41) is 10.5. The van der Waals surface area contributed by atoms with E-state index in [1.165, 1.54) is 25.7 Å². The van der Waals surface area contributed by atoms with Gasteiger partial charge in [0.05, 0.1) is 0 Å². The first-order valence-electron chi connectivity index (χ1n) is 8.82. The molecule has 5 heteroatoms. The fourth-order valence-electron chi connectivity index (χ4n) is 2.57. The molecule has 4 radical (unpaired) electrons. The number of nitrogens with zero attached hydrogens (tertiary/aromatic N) is 1. The highest BCUT2D eigenvalue weighted by Gasteiger charge is 2.36. The minimum Gasteiger partial charge on any atom is -0.480 e. The van der Waals surface area contributed by atoms with Crippen LogP contribution in [0.15, 0.2) is 30.5 Å². The second kappa shape index (κ2) is 11.1. The summed E-state index contributed by atoms with van der Waals surface area (Å²) in [5.41, 5.74) is 1.17. The number of benzene rings is 1. The summed E-state index contributed by atoms with van der Waals surface area (Å²) < 4.78 is 0. The lowest BCUT2D eigenvalue weighted by Gasteiger charge is -2.31. The topological polar surface area (TPSA) is 56.3 Å². The molecular formula is C20H32N2O2Si. The van der Waals surface area contributed by atoms with Crippen molar-refractivity contribution in [3.8, 4) is 0 Å². The third-order valence-electron chi connectivity index (χ3n) is 4.61. The fraction of sp³-hybridized carbons (Fsp3) is 0.550. The average Bonchev–Trinajstić information content (AvgIpc) is 2.96. The van der Waals surface area contributed by atoms with E-state index in [0.717, 1.165) is 16.5 Å². The molecule has 2 rings (SSSR count). The van der Waals surface area contributed by atoms with Crippen molar-refractivity contribution in [2.45, 2.75) is 58.4 Å². The average molecular weight is 361 g/mol. The van der Waals surface area contributed by atoms with E-state index in [9.17, 15) is 9.90 Å². The van der Waals surface area contributed by atoms with Crippen LogP contribution in [0, 0.1) is 0 Å². The lowest BCUT2D eigenvalue weighted by atomic mass is 9.91. The molecule has 2 aromatic rings. The third-order valence-corrected chi connectivity index (χ3v) is 4.61. The van der Waals surface area contributed by atoms with Gasteiger partial charge in [-0.2, -0.15) is 0 Å². The van der Waals surface area contributed by atoms with Crippen molar-refractivity contribution < 1.29 is 9.90 Å². The van der Waals surface area contributed by atoms with Crippen LogP contribution in [0.25, 0.3) is 10.9 Å². The number of aromatic amines is 1. The number of unbranched alkanes of at least 4 members (excludes halogenated alkanes) is 3. The number of aliphatic carboxylic acids is 1. The van der Waals surface area contributed by atoms with Crippen molar-refractivity contribution in [2.75, 3.05) is 14.1 Å². The summed E-state index contributed by atoms with van der Waals surface area (Å²) in [4.78, 5) is 16.4. The largest absolute Gasteiger partial charge is 0.480 e. The Hall–Kier alpha value is -1.59. The fourth-order valence-corrected chi connectivity index (χ4v) is 2.57.